The Morgan fingerprint density at radius 1 is 1.37 bits per heavy atom. The summed E-state index contributed by atoms with van der Waals surface area (Å²) < 4.78 is 0. The number of aromatic nitrogens is 2. The maximum atomic E-state index is 11.4. The second-order valence-corrected chi connectivity index (χ2v) is 5.50. The first-order valence-electron chi connectivity index (χ1n) is 5.99. The Morgan fingerprint density at radius 2 is 2.05 bits per heavy atom. The number of anilines is 1. The average molecular weight is 276 g/mol. The van der Waals surface area contributed by atoms with Crippen molar-refractivity contribution >= 4 is 22.4 Å². The standard InChI is InChI=1S/C13H16N4OS/c1-8-3-5-10(6-4-8)7-11-16-17-13(19-11)15-12(18)9(2)14/h3-6,9H,7,14H2,1-2H3,(H,15,17,18)/t9-/m0/s1. The van der Waals surface area contributed by atoms with Gasteiger partial charge < -0.3 is 5.73 Å². The number of nitrogens with two attached hydrogens (primary N) is 1. The van der Waals surface area contributed by atoms with Crippen molar-refractivity contribution in [1.29, 1.82) is 0 Å². The summed E-state index contributed by atoms with van der Waals surface area (Å²) in [5.74, 6) is -0.252. The van der Waals surface area contributed by atoms with E-state index in [1.807, 2.05) is 0 Å². The third-order valence-corrected chi connectivity index (χ3v) is 3.43. The molecule has 0 bridgehead atoms. The number of benzene rings is 1. The molecular weight excluding hydrogens is 260 g/mol. The van der Waals surface area contributed by atoms with Gasteiger partial charge in [0.15, 0.2) is 0 Å². The first kappa shape index (κ1) is 13.6. The fourth-order valence-electron chi connectivity index (χ4n) is 1.48. The number of nitrogens with zero attached hydrogens (tertiary/aromatic N) is 2. The fourth-order valence-corrected chi connectivity index (χ4v) is 2.25. The molecule has 0 unspecified atom stereocenters. The molecule has 1 heterocycles. The molecule has 100 valence electrons. The number of hydrogen-bond donors (Lipinski definition) is 2. The summed E-state index contributed by atoms with van der Waals surface area (Å²) in [5, 5.41) is 12.0. The number of hydrogen-bond acceptors (Lipinski definition) is 5. The van der Waals surface area contributed by atoms with Gasteiger partial charge in [0, 0.05) is 6.42 Å². The van der Waals surface area contributed by atoms with E-state index in [-0.39, 0.29) is 5.91 Å². The molecule has 1 aromatic carbocycles. The van der Waals surface area contributed by atoms with Gasteiger partial charge in [0.05, 0.1) is 6.04 Å². The predicted molar refractivity (Wildman–Crippen MR) is 76.2 cm³/mol. The van der Waals surface area contributed by atoms with Crippen molar-refractivity contribution < 1.29 is 4.79 Å². The van der Waals surface area contributed by atoms with E-state index in [4.69, 9.17) is 5.73 Å². The fraction of sp³-hybridized carbons (Fsp3) is 0.308. The van der Waals surface area contributed by atoms with Gasteiger partial charge in [0.1, 0.15) is 5.01 Å². The average Bonchev–Trinajstić information content (AvgIpc) is 2.79. The summed E-state index contributed by atoms with van der Waals surface area (Å²) in [5.41, 5.74) is 7.87. The molecule has 0 aliphatic heterocycles. The molecule has 0 radical (unpaired) electrons. The van der Waals surface area contributed by atoms with E-state index in [9.17, 15) is 4.79 Å². The van der Waals surface area contributed by atoms with Crippen LogP contribution < -0.4 is 11.1 Å². The minimum absolute atomic E-state index is 0.252. The topological polar surface area (TPSA) is 80.9 Å². The highest BCUT2D eigenvalue weighted by Gasteiger charge is 2.11. The third kappa shape index (κ3) is 3.84. The van der Waals surface area contributed by atoms with E-state index in [1.165, 1.54) is 22.5 Å². The van der Waals surface area contributed by atoms with Crippen LogP contribution in [-0.2, 0) is 11.2 Å². The SMILES string of the molecule is Cc1ccc(Cc2nnc(NC(=O)[C@H](C)N)s2)cc1. The molecular formula is C13H16N4OS. The molecule has 0 aliphatic rings. The van der Waals surface area contributed by atoms with Crippen LogP contribution in [0.5, 0.6) is 0 Å². The molecule has 0 aliphatic carbocycles. The maximum absolute atomic E-state index is 11.4. The van der Waals surface area contributed by atoms with Crippen molar-refractivity contribution in [2.24, 2.45) is 5.73 Å². The molecule has 0 fully saturated rings. The van der Waals surface area contributed by atoms with Gasteiger partial charge in [0.25, 0.3) is 0 Å². The van der Waals surface area contributed by atoms with Gasteiger partial charge in [-0.25, -0.2) is 0 Å². The zero-order valence-electron chi connectivity index (χ0n) is 10.9. The van der Waals surface area contributed by atoms with Crippen molar-refractivity contribution in [2.45, 2.75) is 26.3 Å². The zero-order chi connectivity index (χ0) is 13.8. The molecule has 5 nitrogen and oxygen atoms in total. The second-order valence-electron chi connectivity index (χ2n) is 4.44. The van der Waals surface area contributed by atoms with Gasteiger partial charge in [-0.05, 0) is 19.4 Å². The van der Waals surface area contributed by atoms with Crippen molar-refractivity contribution in [1.82, 2.24) is 10.2 Å². The molecule has 0 saturated heterocycles. The van der Waals surface area contributed by atoms with Crippen LogP contribution >= 0.6 is 11.3 Å². The van der Waals surface area contributed by atoms with Crippen LogP contribution in [0.2, 0.25) is 0 Å². The maximum Gasteiger partial charge on any atom is 0.242 e. The van der Waals surface area contributed by atoms with Crippen molar-refractivity contribution in [3.05, 3.63) is 40.4 Å². The summed E-state index contributed by atoms with van der Waals surface area (Å²) in [6, 6.07) is 7.71. The number of aryl methyl sites for hydroxylation is 1. The summed E-state index contributed by atoms with van der Waals surface area (Å²) in [6.45, 7) is 3.68. The normalized spacial score (nSPS) is 12.2. The summed E-state index contributed by atoms with van der Waals surface area (Å²) in [7, 11) is 0. The van der Waals surface area contributed by atoms with Crippen LogP contribution in [0.15, 0.2) is 24.3 Å². The number of amides is 1. The molecule has 2 rings (SSSR count). The number of carbonyl (C=O) groups excluding carboxylic acids is 1. The van der Waals surface area contributed by atoms with Gasteiger partial charge in [-0.3, -0.25) is 10.1 Å². The van der Waals surface area contributed by atoms with Crippen LogP contribution in [0.4, 0.5) is 5.13 Å². The van der Waals surface area contributed by atoms with E-state index in [0.29, 0.717) is 11.6 Å². The van der Waals surface area contributed by atoms with E-state index >= 15 is 0 Å². The van der Waals surface area contributed by atoms with Crippen LogP contribution in [0, 0.1) is 6.92 Å². The molecule has 1 atom stereocenters. The lowest BCUT2D eigenvalue weighted by Gasteiger charge is -2.02. The second kappa shape index (κ2) is 5.90. The molecule has 1 aromatic heterocycles. The van der Waals surface area contributed by atoms with Crippen molar-refractivity contribution in [3.8, 4) is 0 Å². The van der Waals surface area contributed by atoms with E-state index < -0.39 is 6.04 Å². The minimum atomic E-state index is -0.551. The Morgan fingerprint density at radius 3 is 2.68 bits per heavy atom. The Labute approximate surface area is 115 Å². The number of carbonyl (C=O) groups is 1. The Balaban J connectivity index is 2.01. The highest BCUT2D eigenvalue weighted by molar-refractivity contribution is 7.15. The largest absolute Gasteiger partial charge is 0.320 e. The number of nitrogens with one attached hydrogen (secondary N) is 1. The molecule has 2 aromatic rings. The summed E-state index contributed by atoms with van der Waals surface area (Å²) in [6.07, 6.45) is 0.714. The van der Waals surface area contributed by atoms with E-state index in [0.717, 1.165) is 5.01 Å². The molecule has 0 spiro atoms. The highest BCUT2D eigenvalue weighted by atomic mass is 32.1. The molecule has 0 saturated carbocycles. The lowest BCUT2D eigenvalue weighted by atomic mass is 10.1. The van der Waals surface area contributed by atoms with Crippen molar-refractivity contribution in [3.63, 3.8) is 0 Å². The predicted octanol–water partition coefficient (Wildman–Crippen LogP) is 1.72. The quantitative estimate of drug-likeness (QED) is 0.891. The highest BCUT2D eigenvalue weighted by Crippen LogP contribution is 2.18. The van der Waals surface area contributed by atoms with E-state index in [2.05, 4.69) is 46.7 Å². The van der Waals surface area contributed by atoms with Gasteiger partial charge >= 0.3 is 0 Å². The van der Waals surface area contributed by atoms with Crippen LogP contribution in [0.1, 0.15) is 23.1 Å². The lowest BCUT2D eigenvalue weighted by Crippen LogP contribution is -2.32. The minimum Gasteiger partial charge on any atom is -0.320 e. The van der Waals surface area contributed by atoms with Gasteiger partial charge in [-0.15, -0.1) is 10.2 Å². The van der Waals surface area contributed by atoms with Gasteiger partial charge in [-0.2, -0.15) is 0 Å². The molecule has 6 heteroatoms. The molecule has 19 heavy (non-hydrogen) atoms. The first-order chi connectivity index (χ1) is 9.04. The zero-order valence-corrected chi connectivity index (χ0v) is 11.7. The Bertz CT molecular complexity index is 562. The van der Waals surface area contributed by atoms with Crippen LogP contribution in [0.3, 0.4) is 0 Å². The lowest BCUT2D eigenvalue weighted by molar-refractivity contribution is -0.117. The van der Waals surface area contributed by atoms with Gasteiger partial charge in [0.2, 0.25) is 11.0 Å². The van der Waals surface area contributed by atoms with Crippen LogP contribution in [-0.4, -0.2) is 22.1 Å². The molecule has 3 N–H and O–H groups in total. The number of rotatable bonds is 4. The smallest absolute Gasteiger partial charge is 0.242 e. The van der Waals surface area contributed by atoms with Crippen LogP contribution in [0.25, 0.3) is 0 Å². The Hall–Kier alpha value is -1.79. The monoisotopic (exact) mass is 276 g/mol. The first-order valence-corrected chi connectivity index (χ1v) is 6.80. The van der Waals surface area contributed by atoms with E-state index in [1.54, 1.807) is 6.92 Å². The Kier molecular flexibility index (Phi) is 4.24. The summed E-state index contributed by atoms with van der Waals surface area (Å²) in [4.78, 5) is 11.4. The van der Waals surface area contributed by atoms with Crippen molar-refractivity contribution in [2.75, 3.05) is 5.32 Å². The third-order valence-electron chi connectivity index (χ3n) is 2.59. The molecule has 1 amide bonds. The van der Waals surface area contributed by atoms with Gasteiger partial charge in [-0.1, -0.05) is 41.2 Å². The summed E-state index contributed by atoms with van der Waals surface area (Å²) >= 11 is 1.37.